The van der Waals surface area contributed by atoms with Gasteiger partial charge in [0.2, 0.25) is 0 Å². The minimum Gasteiger partial charge on any atom is -0.493 e. The quantitative estimate of drug-likeness (QED) is 0.869. The zero-order valence-corrected chi connectivity index (χ0v) is 9.13. The number of aryl methyl sites for hydroxylation is 1. The van der Waals surface area contributed by atoms with E-state index >= 15 is 0 Å². The summed E-state index contributed by atoms with van der Waals surface area (Å²) in [7, 11) is 0. The second-order valence-corrected chi connectivity index (χ2v) is 4.15. The van der Waals surface area contributed by atoms with Crippen LogP contribution in [0.15, 0.2) is 18.2 Å². The van der Waals surface area contributed by atoms with Crippen molar-refractivity contribution in [3.05, 3.63) is 29.3 Å². The average Bonchev–Trinajstić information content (AvgIpc) is 2.26. The van der Waals surface area contributed by atoms with Crippen molar-refractivity contribution in [1.29, 1.82) is 0 Å². The maximum Gasteiger partial charge on any atom is 0.391 e. The van der Waals surface area contributed by atoms with Gasteiger partial charge in [0.15, 0.2) is 0 Å². The molecule has 0 saturated heterocycles. The molecule has 0 aromatic heterocycles. The van der Waals surface area contributed by atoms with Crippen LogP contribution in [0.5, 0.6) is 5.75 Å². The molecule has 2 nitrogen and oxygen atoms in total. The fourth-order valence-electron chi connectivity index (χ4n) is 1.92. The van der Waals surface area contributed by atoms with Crippen molar-refractivity contribution in [3.63, 3.8) is 0 Å². The number of aliphatic hydroxyl groups excluding tert-OH is 1. The van der Waals surface area contributed by atoms with Crippen molar-refractivity contribution in [2.75, 3.05) is 6.61 Å². The minimum atomic E-state index is -4.36. The molecule has 0 bridgehead atoms. The summed E-state index contributed by atoms with van der Waals surface area (Å²) in [5.41, 5.74) is 1.17. The number of rotatable bonds is 2. The monoisotopic (exact) mass is 246 g/mol. The third-order valence-electron chi connectivity index (χ3n) is 2.74. The van der Waals surface area contributed by atoms with Crippen LogP contribution in [0, 0.1) is 0 Å². The highest BCUT2D eigenvalue weighted by molar-refractivity contribution is 5.39. The minimum absolute atomic E-state index is 0.298. The molecule has 17 heavy (non-hydrogen) atoms. The molecule has 1 atom stereocenters. The van der Waals surface area contributed by atoms with Gasteiger partial charge in [-0.1, -0.05) is 6.07 Å². The summed E-state index contributed by atoms with van der Waals surface area (Å²) in [6, 6.07) is 4.72. The van der Waals surface area contributed by atoms with E-state index in [1.54, 1.807) is 12.1 Å². The van der Waals surface area contributed by atoms with Gasteiger partial charge in [0.25, 0.3) is 0 Å². The Labute approximate surface area is 97.0 Å². The van der Waals surface area contributed by atoms with Crippen LogP contribution in [0.1, 0.15) is 30.1 Å². The first kappa shape index (κ1) is 12.2. The molecule has 5 heteroatoms. The summed E-state index contributed by atoms with van der Waals surface area (Å²) in [6.45, 7) is 0.636. The Kier molecular flexibility index (Phi) is 3.28. The Balaban J connectivity index is 2.16. The van der Waals surface area contributed by atoms with Gasteiger partial charge in [-0.25, -0.2) is 0 Å². The molecule has 0 spiro atoms. The molecule has 1 N–H and O–H groups in total. The molecule has 2 rings (SSSR count). The highest BCUT2D eigenvalue weighted by atomic mass is 19.4. The van der Waals surface area contributed by atoms with E-state index in [2.05, 4.69) is 0 Å². The first-order chi connectivity index (χ1) is 7.96. The van der Waals surface area contributed by atoms with Crippen LogP contribution in [0.2, 0.25) is 0 Å². The van der Waals surface area contributed by atoms with E-state index in [-0.39, 0.29) is 0 Å². The van der Waals surface area contributed by atoms with Crippen molar-refractivity contribution < 1.29 is 23.0 Å². The summed E-state index contributed by atoms with van der Waals surface area (Å²) >= 11 is 0. The van der Waals surface area contributed by atoms with E-state index in [1.165, 1.54) is 6.07 Å². The van der Waals surface area contributed by atoms with E-state index in [4.69, 9.17) is 4.74 Å². The second kappa shape index (κ2) is 4.56. The molecule has 1 unspecified atom stereocenters. The van der Waals surface area contributed by atoms with Crippen LogP contribution in [0.4, 0.5) is 13.2 Å². The summed E-state index contributed by atoms with van der Waals surface area (Å²) in [6.07, 6.45) is -5.44. The fourth-order valence-corrected chi connectivity index (χ4v) is 1.92. The average molecular weight is 246 g/mol. The lowest BCUT2D eigenvalue weighted by atomic mass is 9.99. The highest BCUT2D eigenvalue weighted by Gasteiger charge is 2.32. The van der Waals surface area contributed by atoms with Gasteiger partial charge in [-0.15, -0.1) is 0 Å². The van der Waals surface area contributed by atoms with E-state index < -0.39 is 18.7 Å². The maximum absolute atomic E-state index is 12.1. The molecule has 1 aliphatic rings. The zero-order chi connectivity index (χ0) is 12.5. The van der Waals surface area contributed by atoms with Crippen LogP contribution >= 0.6 is 0 Å². The number of benzene rings is 1. The van der Waals surface area contributed by atoms with Crippen molar-refractivity contribution in [3.8, 4) is 5.75 Å². The van der Waals surface area contributed by atoms with Gasteiger partial charge in [0, 0.05) is 0 Å². The first-order valence-corrected chi connectivity index (χ1v) is 5.46. The lowest BCUT2D eigenvalue weighted by Crippen LogP contribution is -2.14. The molecule has 94 valence electrons. The number of hydrogen-bond acceptors (Lipinski definition) is 2. The third kappa shape index (κ3) is 3.12. The van der Waals surface area contributed by atoms with Gasteiger partial charge >= 0.3 is 6.18 Å². The topological polar surface area (TPSA) is 29.5 Å². The molecule has 0 aliphatic carbocycles. The van der Waals surface area contributed by atoms with Gasteiger partial charge in [-0.05, 0) is 36.1 Å². The normalized spacial score (nSPS) is 17.2. The number of fused-ring (bicyclic) bond motifs is 1. The smallest absolute Gasteiger partial charge is 0.391 e. The lowest BCUT2D eigenvalue weighted by molar-refractivity contribution is -0.154. The van der Waals surface area contributed by atoms with Gasteiger partial charge in [0.05, 0.1) is 19.1 Å². The zero-order valence-electron chi connectivity index (χ0n) is 9.13. The number of alkyl halides is 3. The van der Waals surface area contributed by atoms with Crippen LogP contribution in [0.3, 0.4) is 0 Å². The molecule has 0 radical (unpaired) electrons. The van der Waals surface area contributed by atoms with Crippen molar-refractivity contribution in [2.24, 2.45) is 0 Å². The van der Waals surface area contributed by atoms with Crippen LogP contribution in [0.25, 0.3) is 0 Å². The van der Waals surface area contributed by atoms with E-state index in [0.29, 0.717) is 17.9 Å². The van der Waals surface area contributed by atoms with E-state index in [0.717, 1.165) is 18.4 Å². The third-order valence-corrected chi connectivity index (χ3v) is 2.74. The predicted octanol–water partition coefficient (Wildman–Crippen LogP) is 3.00. The largest absolute Gasteiger partial charge is 0.493 e. The Bertz CT molecular complexity index is 401. The van der Waals surface area contributed by atoms with Gasteiger partial charge in [-0.2, -0.15) is 13.2 Å². The maximum atomic E-state index is 12.1. The highest BCUT2D eigenvalue weighted by Crippen LogP contribution is 2.32. The Morgan fingerprint density at radius 1 is 1.35 bits per heavy atom. The van der Waals surface area contributed by atoms with Crippen molar-refractivity contribution in [1.82, 2.24) is 0 Å². The number of ether oxygens (including phenoxy) is 1. The SMILES string of the molecule is OC(CC(F)(F)F)c1ccc2c(c1)CCCO2. The van der Waals surface area contributed by atoms with Crippen LogP contribution < -0.4 is 4.74 Å². The van der Waals surface area contributed by atoms with Crippen LogP contribution in [-0.2, 0) is 6.42 Å². The number of hydrogen-bond donors (Lipinski definition) is 1. The molecule has 1 aromatic rings. The Morgan fingerprint density at radius 3 is 2.82 bits per heavy atom. The van der Waals surface area contributed by atoms with Crippen molar-refractivity contribution in [2.45, 2.75) is 31.5 Å². The molecule has 0 amide bonds. The molecule has 1 aliphatic heterocycles. The molecule has 0 fully saturated rings. The second-order valence-electron chi connectivity index (χ2n) is 4.15. The van der Waals surface area contributed by atoms with Gasteiger partial charge in [0.1, 0.15) is 5.75 Å². The van der Waals surface area contributed by atoms with Gasteiger partial charge in [-0.3, -0.25) is 0 Å². The van der Waals surface area contributed by atoms with Gasteiger partial charge < -0.3 is 9.84 Å². The summed E-state index contributed by atoms with van der Waals surface area (Å²) < 4.78 is 41.8. The van der Waals surface area contributed by atoms with E-state index in [9.17, 15) is 18.3 Å². The fraction of sp³-hybridized carbons (Fsp3) is 0.500. The Morgan fingerprint density at radius 2 is 2.12 bits per heavy atom. The summed E-state index contributed by atoms with van der Waals surface area (Å²) in [4.78, 5) is 0. The van der Waals surface area contributed by atoms with Crippen LogP contribution in [-0.4, -0.2) is 17.9 Å². The van der Waals surface area contributed by atoms with E-state index in [1.807, 2.05) is 0 Å². The molecule has 1 heterocycles. The first-order valence-electron chi connectivity index (χ1n) is 5.46. The Hall–Kier alpha value is -1.23. The predicted molar refractivity (Wildman–Crippen MR) is 55.9 cm³/mol. The molecule has 1 aromatic carbocycles. The summed E-state index contributed by atoms with van der Waals surface area (Å²) in [5.74, 6) is 0.708. The number of aliphatic hydroxyl groups is 1. The lowest BCUT2D eigenvalue weighted by Gasteiger charge is -2.20. The number of halogens is 3. The van der Waals surface area contributed by atoms with Crippen molar-refractivity contribution >= 4 is 0 Å². The summed E-state index contributed by atoms with van der Waals surface area (Å²) in [5, 5.41) is 9.50. The standard InChI is InChI=1S/C12H13F3O2/c13-12(14,15)7-10(16)8-3-4-11-9(6-8)2-1-5-17-11/h3-4,6,10,16H,1-2,5,7H2. The molecule has 0 saturated carbocycles. The molecular weight excluding hydrogens is 233 g/mol. The molecular formula is C12H13F3O2.